The van der Waals surface area contributed by atoms with E-state index in [4.69, 9.17) is 4.42 Å². The van der Waals surface area contributed by atoms with Gasteiger partial charge in [-0.15, -0.1) is 11.3 Å². The standard InChI is InChI=1S/C50H31NOS/c1-3-14-38-32(10-1)12-7-17-40(38)34-22-26-36(27-23-34)51(37-28-24-35(25-29-37)41-18-8-13-33-11-2-4-15-39(33)41)45-20-9-19-42-43-30-31-47-48(50(43)52-49(42)45)44-16-5-6-21-46(44)53-47/h1-31H. The Kier molecular flexibility index (Phi) is 6.76. The zero-order valence-electron chi connectivity index (χ0n) is 28.7. The smallest absolute Gasteiger partial charge is 0.159 e. The summed E-state index contributed by atoms with van der Waals surface area (Å²) in [5.41, 5.74) is 9.77. The third-order valence-corrected chi connectivity index (χ3v) is 11.8. The Morgan fingerprint density at radius 1 is 0.358 bits per heavy atom. The van der Waals surface area contributed by atoms with Crippen LogP contribution in [0.3, 0.4) is 0 Å². The second-order valence-electron chi connectivity index (χ2n) is 13.7. The van der Waals surface area contributed by atoms with Crippen molar-refractivity contribution in [2.45, 2.75) is 0 Å². The van der Waals surface area contributed by atoms with Gasteiger partial charge in [0.05, 0.1) is 5.69 Å². The average molecular weight is 694 g/mol. The molecule has 0 spiro atoms. The van der Waals surface area contributed by atoms with Gasteiger partial charge in [-0.2, -0.15) is 0 Å². The molecule has 2 nitrogen and oxygen atoms in total. The van der Waals surface area contributed by atoms with E-state index in [2.05, 4.69) is 193 Å². The topological polar surface area (TPSA) is 16.4 Å². The first-order valence-electron chi connectivity index (χ1n) is 18.0. The lowest BCUT2D eigenvalue weighted by atomic mass is 9.97. The number of benzene rings is 9. The molecule has 2 aromatic heterocycles. The molecule has 0 atom stereocenters. The van der Waals surface area contributed by atoms with Gasteiger partial charge in [-0.1, -0.05) is 140 Å². The first kappa shape index (κ1) is 30.0. The van der Waals surface area contributed by atoms with Gasteiger partial charge in [0.2, 0.25) is 0 Å². The van der Waals surface area contributed by atoms with Crippen LogP contribution in [0.1, 0.15) is 0 Å². The molecule has 0 saturated carbocycles. The third kappa shape index (κ3) is 4.78. The van der Waals surface area contributed by atoms with Crippen molar-refractivity contribution in [1.29, 1.82) is 0 Å². The zero-order chi connectivity index (χ0) is 34.9. The van der Waals surface area contributed by atoms with Crippen molar-refractivity contribution in [2.75, 3.05) is 4.90 Å². The van der Waals surface area contributed by atoms with Crippen molar-refractivity contribution < 1.29 is 4.42 Å². The number of hydrogen-bond donors (Lipinski definition) is 0. The molecule has 0 aliphatic heterocycles. The van der Waals surface area contributed by atoms with E-state index in [9.17, 15) is 0 Å². The predicted molar refractivity (Wildman–Crippen MR) is 227 cm³/mol. The minimum Gasteiger partial charge on any atom is -0.453 e. The Morgan fingerprint density at radius 2 is 0.868 bits per heavy atom. The Balaban J connectivity index is 1.11. The van der Waals surface area contributed by atoms with Crippen LogP contribution < -0.4 is 4.90 Å². The molecule has 0 unspecified atom stereocenters. The SMILES string of the molecule is c1ccc2c(-c3ccc(N(c4ccc(-c5cccc6ccccc56)cc4)c4cccc5c4oc4c5ccc5sc6ccccc6c54)cc3)cccc2c1. The summed E-state index contributed by atoms with van der Waals surface area (Å²) in [5, 5.41) is 9.66. The van der Waals surface area contributed by atoms with Gasteiger partial charge in [0.15, 0.2) is 5.58 Å². The molecule has 2 heterocycles. The molecule has 0 radical (unpaired) electrons. The molecule has 0 bridgehead atoms. The number of nitrogens with zero attached hydrogens (tertiary/aromatic N) is 1. The van der Waals surface area contributed by atoms with Crippen LogP contribution in [-0.4, -0.2) is 0 Å². The summed E-state index contributed by atoms with van der Waals surface area (Å²) >= 11 is 1.82. The Hall–Kier alpha value is -6.68. The predicted octanol–water partition coefficient (Wildman–Crippen LogP) is 15.1. The highest BCUT2D eigenvalue weighted by atomic mass is 32.1. The Bertz CT molecular complexity index is 3040. The maximum Gasteiger partial charge on any atom is 0.159 e. The summed E-state index contributed by atoms with van der Waals surface area (Å²) in [6.45, 7) is 0. The second kappa shape index (κ2) is 11.9. The lowest BCUT2D eigenvalue weighted by Gasteiger charge is -2.26. The van der Waals surface area contributed by atoms with Crippen molar-refractivity contribution >= 4 is 92.1 Å². The van der Waals surface area contributed by atoms with E-state index in [0.717, 1.165) is 39.0 Å². The molecule has 0 N–H and O–H groups in total. The monoisotopic (exact) mass is 693 g/mol. The van der Waals surface area contributed by atoms with Crippen LogP contribution in [0.25, 0.3) is 85.9 Å². The van der Waals surface area contributed by atoms with Crippen LogP contribution in [0.4, 0.5) is 17.1 Å². The maximum absolute atomic E-state index is 7.03. The quantitative estimate of drug-likeness (QED) is 0.178. The van der Waals surface area contributed by atoms with Crippen LogP contribution in [0.15, 0.2) is 192 Å². The van der Waals surface area contributed by atoms with E-state index in [1.807, 2.05) is 11.3 Å². The van der Waals surface area contributed by atoms with Gasteiger partial charge in [0, 0.05) is 42.3 Å². The van der Waals surface area contributed by atoms with Crippen LogP contribution in [-0.2, 0) is 0 Å². The molecule has 0 aliphatic carbocycles. The van der Waals surface area contributed by atoms with Crippen molar-refractivity contribution in [3.63, 3.8) is 0 Å². The van der Waals surface area contributed by atoms with E-state index in [0.29, 0.717) is 0 Å². The number of hydrogen-bond acceptors (Lipinski definition) is 3. The molecular weight excluding hydrogens is 663 g/mol. The molecule has 11 aromatic rings. The van der Waals surface area contributed by atoms with Crippen LogP contribution >= 0.6 is 11.3 Å². The lowest BCUT2D eigenvalue weighted by Crippen LogP contribution is -2.10. The summed E-state index contributed by atoms with van der Waals surface area (Å²) in [4.78, 5) is 2.34. The summed E-state index contributed by atoms with van der Waals surface area (Å²) in [6, 6.07) is 67.9. The fourth-order valence-corrected chi connectivity index (χ4v) is 9.29. The maximum atomic E-state index is 7.03. The third-order valence-electron chi connectivity index (χ3n) is 10.7. The number of rotatable bonds is 5. The largest absolute Gasteiger partial charge is 0.453 e. The van der Waals surface area contributed by atoms with Crippen molar-refractivity contribution in [3.8, 4) is 22.3 Å². The van der Waals surface area contributed by atoms with Gasteiger partial charge in [0.25, 0.3) is 0 Å². The highest BCUT2D eigenvalue weighted by molar-refractivity contribution is 7.26. The van der Waals surface area contributed by atoms with Crippen molar-refractivity contribution in [2.24, 2.45) is 0 Å². The Labute approximate surface area is 310 Å². The Morgan fingerprint density at radius 3 is 1.51 bits per heavy atom. The molecule has 11 rings (SSSR count). The molecule has 9 aromatic carbocycles. The van der Waals surface area contributed by atoms with Gasteiger partial charge in [-0.3, -0.25) is 0 Å². The van der Waals surface area contributed by atoms with E-state index < -0.39 is 0 Å². The summed E-state index contributed by atoms with van der Waals surface area (Å²) in [7, 11) is 0. The molecule has 248 valence electrons. The zero-order valence-corrected chi connectivity index (χ0v) is 29.5. The lowest BCUT2D eigenvalue weighted by molar-refractivity contribution is 0.673. The van der Waals surface area contributed by atoms with Crippen LogP contribution in [0.2, 0.25) is 0 Å². The highest BCUT2D eigenvalue weighted by Gasteiger charge is 2.22. The molecule has 0 aliphatic rings. The minimum absolute atomic E-state index is 0.876. The van der Waals surface area contributed by atoms with E-state index in [1.165, 1.54) is 64.0 Å². The minimum atomic E-state index is 0.876. The van der Waals surface area contributed by atoms with Gasteiger partial charge < -0.3 is 9.32 Å². The number of anilines is 3. The van der Waals surface area contributed by atoms with E-state index in [-0.39, 0.29) is 0 Å². The van der Waals surface area contributed by atoms with Crippen molar-refractivity contribution in [3.05, 3.63) is 188 Å². The number of thiophene rings is 1. The molecular formula is C50H31NOS. The summed E-state index contributed by atoms with van der Waals surface area (Å²) in [6.07, 6.45) is 0. The highest BCUT2D eigenvalue weighted by Crippen LogP contribution is 2.46. The first-order valence-corrected chi connectivity index (χ1v) is 18.8. The molecule has 3 heteroatoms. The van der Waals surface area contributed by atoms with Gasteiger partial charge in [-0.25, -0.2) is 0 Å². The van der Waals surface area contributed by atoms with Crippen LogP contribution in [0, 0.1) is 0 Å². The van der Waals surface area contributed by atoms with Gasteiger partial charge in [-0.05, 0) is 92.3 Å². The first-order chi connectivity index (χ1) is 26.3. The number of para-hydroxylation sites is 1. The molecule has 0 amide bonds. The molecule has 0 fully saturated rings. The number of fused-ring (bicyclic) bond motifs is 9. The summed E-state index contributed by atoms with van der Waals surface area (Å²) < 4.78 is 9.55. The number of furan rings is 1. The normalized spacial score (nSPS) is 11.8. The second-order valence-corrected chi connectivity index (χ2v) is 14.7. The van der Waals surface area contributed by atoms with Crippen molar-refractivity contribution in [1.82, 2.24) is 0 Å². The van der Waals surface area contributed by atoms with Crippen LogP contribution in [0.5, 0.6) is 0 Å². The fraction of sp³-hybridized carbons (Fsp3) is 0. The van der Waals surface area contributed by atoms with Gasteiger partial charge in [0.1, 0.15) is 5.58 Å². The molecule has 0 saturated heterocycles. The fourth-order valence-electron chi connectivity index (χ4n) is 8.19. The average Bonchev–Trinajstić information content (AvgIpc) is 3.80. The van der Waals surface area contributed by atoms with E-state index >= 15 is 0 Å². The van der Waals surface area contributed by atoms with Gasteiger partial charge >= 0.3 is 0 Å². The molecule has 53 heavy (non-hydrogen) atoms. The van der Waals surface area contributed by atoms with E-state index in [1.54, 1.807) is 0 Å². The summed E-state index contributed by atoms with van der Waals surface area (Å²) in [5.74, 6) is 0.